The van der Waals surface area contributed by atoms with E-state index in [2.05, 4.69) is 4.52 Å². The van der Waals surface area contributed by atoms with E-state index in [0.717, 1.165) is 0 Å². The molecule has 0 aliphatic heterocycles. The standard InChI is InChI=1S/C4H8NO2P/c1-8(6)7-4-2-3-5/h8H,2,4H2,1H3. The fourth-order valence-electron chi connectivity index (χ4n) is 0.240. The fourth-order valence-corrected chi connectivity index (χ4v) is 0.630. The molecule has 0 aromatic heterocycles. The average Bonchev–Trinajstić information content (AvgIpc) is 1.66. The summed E-state index contributed by atoms with van der Waals surface area (Å²) < 4.78 is 14.8. The predicted molar refractivity (Wildman–Crippen MR) is 31.1 cm³/mol. The van der Waals surface area contributed by atoms with E-state index in [1.165, 1.54) is 6.66 Å². The molecule has 0 aliphatic rings. The minimum atomic E-state index is -1.81. The summed E-state index contributed by atoms with van der Waals surface area (Å²) in [6, 6.07) is 1.88. The molecular weight excluding hydrogens is 125 g/mol. The van der Waals surface area contributed by atoms with E-state index < -0.39 is 8.03 Å². The van der Waals surface area contributed by atoms with Gasteiger partial charge in [0.2, 0.25) is 0 Å². The molecule has 1 atom stereocenters. The quantitative estimate of drug-likeness (QED) is 0.426. The molecule has 3 nitrogen and oxygen atoms in total. The predicted octanol–water partition coefficient (Wildman–Crippen LogP) is 1.02. The van der Waals surface area contributed by atoms with Crippen LogP contribution in [-0.2, 0) is 9.09 Å². The first-order valence-electron chi connectivity index (χ1n) is 2.27. The molecule has 0 amide bonds. The van der Waals surface area contributed by atoms with Gasteiger partial charge in [0.1, 0.15) is 0 Å². The second-order valence-electron chi connectivity index (χ2n) is 1.25. The normalized spacial score (nSPS) is 12.5. The molecule has 0 rings (SSSR count). The summed E-state index contributed by atoms with van der Waals surface area (Å²) in [7, 11) is -1.81. The zero-order chi connectivity index (χ0) is 6.41. The molecule has 1 unspecified atom stereocenters. The van der Waals surface area contributed by atoms with Crippen LogP contribution in [0.2, 0.25) is 0 Å². The van der Waals surface area contributed by atoms with Gasteiger partial charge in [-0.2, -0.15) is 5.26 Å². The lowest BCUT2D eigenvalue weighted by Crippen LogP contribution is -1.81. The molecule has 0 aromatic carbocycles. The minimum Gasteiger partial charge on any atom is -0.330 e. The van der Waals surface area contributed by atoms with Gasteiger partial charge in [-0.25, -0.2) is 0 Å². The van der Waals surface area contributed by atoms with Crippen LogP contribution in [-0.4, -0.2) is 13.3 Å². The SMILES string of the molecule is C[PH](=O)OCCC#N. The zero-order valence-corrected chi connectivity index (χ0v) is 5.68. The van der Waals surface area contributed by atoms with Gasteiger partial charge in [-0.15, -0.1) is 0 Å². The van der Waals surface area contributed by atoms with Gasteiger partial charge >= 0.3 is 0 Å². The Morgan fingerprint density at radius 2 is 2.50 bits per heavy atom. The summed E-state index contributed by atoms with van der Waals surface area (Å²) in [5.74, 6) is 0. The maximum absolute atomic E-state index is 10.2. The van der Waals surface area contributed by atoms with E-state index in [1.54, 1.807) is 0 Å². The van der Waals surface area contributed by atoms with Crippen molar-refractivity contribution in [3.8, 4) is 6.07 Å². The summed E-state index contributed by atoms with van der Waals surface area (Å²) in [5, 5.41) is 7.96. The number of hydrogen-bond acceptors (Lipinski definition) is 3. The molecule has 0 aliphatic carbocycles. The number of nitrogens with zero attached hydrogens (tertiary/aromatic N) is 1. The summed E-state index contributed by atoms with van der Waals surface area (Å²) in [4.78, 5) is 0. The molecule has 0 N–H and O–H groups in total. The van der Waals surface area contributed by atoms with E-state index in [-0.39, 0.29) is 0 Å². The molecule has 0 saturated heterocycles. The monoisotopic (exact) mass is 133 g/mol. The molecule has 0 radical (unpaired) electrons. The smallest absolute Gasteiger partial charge is 0.188 e. The van der Waals surface area contributed by atoms with Crippen LogP contribution in [0.15, 0.2) is 0 Å². The van der Waals surface area contributed by atoms with Gasteiger partial charge in [-0.05, 0) is 0 Å². The molecule has 8 heavy (non-hydrogen) atoms. The molecule has 0 bridgehead atoms. The van der Waals surface area contributed by atoms with Crippen molar-refractivity contribution in [3.05, 3.63) is 0 Å². The Balaban J connectivity index is 2.97. The first-order chi connectivity index (χ1) is 3.77. The van der Waals surface area contributed by atoms with E-state index in [1.807, 2.05) is 6.07 Å². The van der Waals surface area contributed by atoms with Crippen molar-refractivity contribution < 1.29 is 9.09 Å². The van der Waals surface area contributed by atoms with Gasteiger partial charge in [0.15, 0.2) is 8.03 Å². The van der Waals surface area contributed by atoms with Gasteiger partial charge in [0, 0.05) is 6.66 Å². The third-order valence-corrected chi connectivity index (χ3v) is 1.13. The van der Waals surface area contributed by atoms with Crippen molar-refractivity contribution >= 4 is 8.03 Å². The van der Waals surface area contributed by atoms with Crippen molar-refractivity contribution in [1.82, 2.24) is 0 Å². The van der Waals surface area contributed by atoms with Gasteiger partial charge < -0.3 is 4.52 Å². The minimum absolute atomic E-state index is 0.296. The van der Waals surface area contributed by atoms with Crippen molar-refractivity contribution in [1.29, 1.82) is 5.26 Å². The highest BCUT2D eigenvalue weighted by Gasteiger charge is 1.86. The topological polar surface area (TPSA) is 50.1 Å². The van der Waals surface area contributed by atoms with Crippen molar-refractivity contribution in [2.24, 2.45) is 0 Å². The van der Waals surface area contributed by atoms with Crippen molar-refractivity contribution in [2.45, 2.75) is 6.42 Å². The number of nitriles is 1. The second-order valence-corrected chi connectivity index (χ2v) is 2.52. The fraction of sp³-hybridized carbons (Fsp3) is 0.750. The Morgan fingerprint density at radius 3 is 2.88 bits per heavy atom. The lowest BCUT2D eigenvalue weighted by molar-refractivity contribution is 0.341. The molecule has 0 aromatic rings. The maximum Gasteiger partial charge on any atom is 0.188 e. The molecular formula is C4H8NO2P. The highest BCUT2D eigenvalue weighted by atomic mass is 31.1. The molecule has 0 saturated carbocycles. The van der Waals surface area contributed by atoms with E-state index >= 15 is 0 Å². The Hall–Kier alpha value is -0.320. The molecule has 4 heteroatoms. The van der Waals surface area contributed by atoms with E-state index in [9.17, 15) is 4.57 Å². The van der Waals surface area contributed by atoms with Crippen LogP contribution in [0.25, 0.3) is 0 Å². The van der Waals surface area contributed by atoms with Crippen LogP contribution in [0.3, 0.4) is 0 Å². The van der Waals surface area contributed by atoms with Gasteiger partial charge in [0.25, 0.3) is 0 Å². The second kappa shape index (κ2) is 4.83. The van der Waals surface area contributed by atoms with Crippen molar-refractivity contribution in [2.75, 3.05) is 13.3 Å². The van der Waals surface area contributed by atoms with Crippen LogP contribution < -0.4 is 0 Å². The van der Waals surface area contributed by atoms with Crippen LogP contribution >= 0.6 is 8.03 Å². The van der Waals surface area contributed by atoms with Gasteiger partial charge in [0.05, 0.1) is 19.1 Å². The Kier molecular flexibility index (Phi) is 4.64. The third-order valence-electron chi connectivity index (χ3n) is 0.519. The highest BCUT2D eigenvalue weighted by Crippen LogP contribution is 2.14. The summed E-state index contributed by atoms with van der Waals surface area (Å²) in [5.41, 5.74) is 0. The summed E-state index contributed by atoms with van der Waals surface area (Å²) >= 11 is 0. The zero-order valence-electron chi connectivity index (χ0n) is 4.68. The van der Waals surface area contributed by atoms with Crippen LogP contribution in [0.1, 0.15) is 6.42 Å². The largest absolute Gasteiger partial charge is 0.330 e. The van der Waals surface area contributed by atoms with Crippen LogP contribution in [0.4, 0.5) is 0 Å². The maximum atomic E-state index is 10.2. The summed E-state index contributed by atoms with van der Waals surface area (Å²) in [6.45, 7) is 1.80. The first kappa shape index (κ1) is 7.68. The van der Waals surface area contributed by atoms with E-state index in [0.29, 0.717) is 13.0 Å². The molecule has 0 fully saturated rings. The average molecular weight is 133 g/mol. The number of rotatable bonds is 3. The summed E-state index contributed by atoms with van der Waals surface area (Å²) in [6.07, 6.45) is 0.324. The lowest BCUT2D eigenvalue weighted by Gasteiger charge is -1.91. The Bertz CT molecular complexity index is 118. The molecule has 46 valence electrons. The first-order valence-corrected chi connectivity index (χ1v) is 4.09. The van der Waals surface area contributed by atoms with Gasteiger partial charge in [-0.1, -0.05) is 0 Å². The molecule has 0 spiro atoms. The van der Waals surface area contributed by atoms with Gasteiger partial charge in [-0.3, -0.25) is 4.57 Å². The highest BCUT2D eigenvalue weighted by molar-refractivity contribution is 7.38. The number of hydrogen-bond donors (Lipinski definition) is 0. The van der Waals surface area contributed by atoms with Crippen LogP contribution in [0.5, 0.6) is 0 Å². The third kappa shape index (κ3) is 5.68. The Morgan fingerprint density at radius 1 is 1.88 bits per heavy atom. The lowest BCUT2D eigenvalue weighted by atomic mass is 10.5. The van der Waals surface area contributed by atoms with Crippen LogP contribution in [0, 0.1) is 11.3 Å². The Labute approximate surface area is 49.1 Å². The van der Waals surface area contributed by atoms with E-state index in [4.69, 9.17) is 5.26 Å². The molecule has 0 heterocycles. The van der Waals surface area contributed by atoms with Crippen molar-refractivity contribution in [3.63, 3.8) is 0 Å².